The second kappa shape index (κ2) is 7.02. The molecule has 0 bridgehead atoms. The van der Waals surface area contributed by atoms with Gasteiger partial charge in [-0.2, -0.15) is 0 Å². The third kappa shape index (κ3) is 3.67. The van der Waals surface area contributed by atoms with E-state index < -0.39 is 0 Å². The fraction of sp³-hybridized carbons (Fsp3) is 0. The molecule has 0 fully saturated rings. The van der Waals surface area contributed by atoms with Crippen molar-refractivity contribution in [1.82, 2.24) is 9.97 Å². The smallest absolute Gasteiger partial charge is 0.249 e. The second-order valence-corrected chi connectivity index (χ2v) is 2.49. The van der Waals surface area contributed by atoms with E-state index in [2.05, 4.69) is 9.97 Å². The van der Waals surface area contributed by atoms with Gasteiger partial charge in [-0.1, -0.05) is 0 Å². The molecule has 0 aliphatic rings. The van der Waals surface area contributed by atoms with Crippen molar-refractivity contribution in [2.24, 2.45) is 5.34 Å². The summed E-state index contributed by atoms with van der Waals surface area (Å²) in [5.74, 6) is 0.122. The molecule has 16 heavy (non-hydrogen) atoms. The zero-order valence-corrected chi connectivity index (χ0v) is 10.8. The third-order valence-electron chi connectivity index (χ3n) is 1.61. The standard InChI is InChI=1S/C8H6N2O2.HNO2.Y/c11-6-3-4-9-8-5(6)1-2-7(12)10-8;2-1-3;/h1-4H,(H2,9,10,11,12);(H,2,3);/p-1. The summed E-state index contributed by atoms with van der Waals surface area (Å²) in [6, 6.07) is 4.36. The Morgan fingerprint density at radius 2 is 2.00 bits per heavy atom. The summed E-state index contributed by atoms with van der Waals surface area (Å²) in [6.07, 6.45) is 1.44. The van der Waals surface area contributed by atoms with Crippen molar-refractivity contribution in [2.45, 2.75) is 0 Å². The van der Waals surface area contributed by atoms with Crippen LogP contribution in [0.5, 0.6) is 5.75 Å². The molecule has 81 valence electrons. The summed E-state index contributed by atoms with van der Waals surface area (Å²) in [7, 11) is 0. The molecule has 0 aliphatic carbocycles. The van der Waals surface area contributed by atoms with Gasteiger partial charge in [0.15, 0.2) is 0 Å². The third-order valence-corrected chi connectivity index (χ3v) is 1.61. The number of rotatable bonds is 0. The number of fused-ring (bicyclic) bond motifs is 1. The molecule has 2 rings (SSSR count). The van der Waals surface area contributed by atoms with Crippen molar-refractivity contribution in [3.8, 4) is 5.75 Å². The predicted octanol–water partition coefficient (Wildman–Crippen LogP) is 0.877. The van der Waals surface area contributed by atoms with Gasteiger partial charge in [-0.15, -0.1) is 5.34 Å². The summed E-state index contributed by atoms with van der Waals surface area (Å²) < 4.78 is 0. The van der Waals surface area contributed by atoms with E-state index in [4.69, 9.17) is 10.1 Å². The van der Waals surface area contributed by atoms with Gasteiger partial charge >= 0.3 is 0 Å². The molecule has 0 aromatic carbocycles. The number of aromatic nitrogens is 2. The SMILES string of the molecule is O=N[O-].O=c1ccc2c(O)ccnc2[nH]1.[Y]. The Bertz CT molecular complexity index is 528. The van der Waals surface area contributed by atoms with Crippen molar-refractivity contribution < 1.29 is 37.8 Å². The summed E-state index contributed by atoms with van der Waals surface area (Å²) in [5.41, 5.74) is 0.183. The minimum Gasteiger partial charge on any atom is -0.507 e. The van der Waals surface area contributed by atoms with Crippen LogP contribution in [0.4, 0.5) is 0 Å². The summed E-state index contributed by atoms with van der Waals surface area (Å²) in [6.45, 7) is 0. The molecule has 7 nitrogen and oxygen atoms in total. The van der Waals surface area contributed by atoms with Crippen LogP contribution in [-0.4, -0.2) is 15.1 Å². The van der Waals surface area contributed by atoms with E-state index in [1.165, 1.54) is 24.4 Å². The van der Waals surface area contributed by atoms with Crippen LogP contribution in [0, 0.1) is 10.1 Å². The van der Waals surface area contributed by atoms with E-state index in [1.807, 2.05) is 0 Å². The topological polar surface area (TPSA) is 118 Å². The van der Waals surface area contributed by atoms with Crippen molar-refractivity contribution in [2.75, 3.05) is 0 Å². The maximum atomic E-state index is 10.8. The number of nitrogens with zero attached hydrogens (tertiary/aromatic N) is 2. The first-order chi connectivity index (χ1) is 7.19. The van der Waals surface area contributed by atoms with E-state index in [0.29, 0.717) is 11.0 Å². The molecule has 0 saturated heterocycles. The molecule has 1 radical (unpaired) electrons. The average molecular weight is 297 g/mol. The number of aromatic hydroxyl groups is 1. The van der Waals surface area contributed by atoms with Crippen LogP contribution in [0.25, 0.3) is 11.0 Å². The van der Waals surface area contributed by atoms with Crippen molar-refractivity contribution in [3.63, 3.8) is 0 Å². The Morgan fingerprint density at radius 1 is 1.38 bits per heavy atom. The van der Waals surface area contributed by atoms with Gasteiger partial charge in [-0.3, -0.25) is 4.79 Å². The van der Waals surface area contributed by atoms with Crippen LogP contribution >= 0.6 is 0 Å². The van der Waals surface area contributed by atoms with Gasteiger partial charge in [0.2, 0.25) is 5.56 Å². The van der Waals surface area contributed by atoms with Crippen LogP contribution in [0.15, 0.2) is 34.5 Å². The van der Waals surface area contributed by atoms with Crippen LogP contribution in [-0.2, 0) is 32.7 Å². The number of hydrogen-bond acceptors (Lipinski definition) is 6. The van der Waals surface area contributed by atoms with Gasteiger partial charge in [0.05, 0.1) is 5.39 Å². The van der Waals surface area contributed by atoms with E-state index in [1.54, 1.807) is 0 Å². The molecule has 8 heteroatoms. The maximum absolute atomic E-state index is 10.8. The number of H-pyrrole nitrogens is 1. The number of pyridine rings is 2. The Hall–Kier alpha value is -1.34. The molecule has 0 amide bonds. The monoisotopic (exact) mass is 297 g/mol. The Balaban J connectivity index is 0.000000511. The van der Waals surface area contributed by atoms with Crippen LogP contribution in [0.1, 0.15) is 0 Å². The molecule has 2 heterocycles. The molecular formula is C8H6N3O4Y-. The first kappa shape index (κ1) is 14.7. The zero-order valence-electron chi connectivity index (χ0n) is 7.95. The van der Waals surface area contributed by atoms with E-state index >= 15 is 0 Å². The molecule has 0 spiro atoms. The van der Waals surface area contributed by atoms with Crippen LogP contribution in [0.3, 0.4) is 0 Å². The van der Waals surface area contributed by atoms with E-state index in [0.717, 1.165) is 5.34 Å². The molecule has 0 aliphatic heterocycles. The minimum absolute atomic E-state index is 0. The number of hydrogen-bond donors (Lipinski definition) is 2. The van der Waals surface area contributed by atoms with Crippen molar-refractivity contribution in [3.05, 3.63) is 44.9 Å². The first-order valence-corrected chi connectivity index (χ1v) is 3.81. The van der Waals surface area contributed by atoms with Gasteiger partial charge in [0, 0.05) is 45.0 Å². The van der Waals surface area contributed by atoms with E-state index in [-0.39, 0.29) is 44.0 Å². The Kier molecular flexibility index (Phi) is 6.44. The molecule has 2 aromatic heterocycles. The van der Waals surface area contributed by atoms with Crippen molar-refractivity contribution in [1.29, 1.82) is 0 Å². The van der Waals surface area contributed by atoms with Crippen molar-refractivity contribution >= 4 is 11.0 Å². The minimum atomic E-state index is -0.222. The molecule has 0 saturated carbocycles. The summed E-state index contributed by atoms with van der Waals surface area (Å²) in [5, 5.41) is 18.9. The zero-order chi connectivity index (χ0) is 11.3. The fourth-order valence-electron chi connectivity index (χ4n) is 1.04. The molecule has 0 unspecified atom stereocenters. The molecule has 2 aromatic rings. The summed E-state index contributed by atoms with van der Waals surface area (Å²) in [4.78, 5) is 25.2. The van der Waals surface area contributed by atoms with Gasteiger partial charge in [0.1, 0.15) is 11.4 Å². The van der Waals surface area contributed by atoms with Gasteiger partial charge < -0.3 is 20.2 Å². The maximum Gasteiger partial charge on any atom is 0.249 e. The predicted molar refractivity (Wildman–Crippen MR) is 53.2 cm³/mol. The van der Waals surface area contributed by atoms with Gasteiger partial charge in [0.25, 0.3) is 0 Å². The number of aromatic amines is 1. The Labute approximate surface area is 114 Å². The molecular weight excluding hydrogens is 291 g/mol. The normalized spacial score (nSPS) is 8.50. The largest absolute Gasteiger partial charge is 0.507 e. The number of nitrogens with one attached hydrogen (secondary N) is 1. The summed E-state index contributed by atoms with van der Waals surface area (Å²) >= 11 is 0. The van der Waals surface area contributed by atoms with Gasteiger partial charge in [-0.25, -0.2) is 4.98 Å². The molecule has 0 atom stereocenters. The van der Waals surface area contributed by atoms with Gasteiger partial charge in [-0.05, 0) is 12.1 Å². The quantitative estimate of drug-likeness (QED) is 0.552. The van der Waals surface area contributed by atoms with Crippen LogP contribution < -0.4 is 5.56 Å². The molecule has 2 N–H and O–H groups in total. The fourth-order valence-corrected chi connectivity index (χ4v) is 1.04. The second-order valence-electron chi connectivity index (χ2n) is 2.49. The average Bonchev–Trinajstić information content (AvgIpc) is 2.19. The Morgan fingerprint density at radius 3 is 2.62 bits per heavy atom. The first-order valence-electron chi connectivity index (χ1n) is 3.81. The van der Waals surface area contributed by atoms with Crippen LogP contribution in [0.2, 0.25) is 0 Å². The van der Waals surface area contributed by atoms with E-state index in [9.17, 15) is 9.90 Å².